The molecule has 0 atom stereocenters. The third kappa shape index (κ3) is 1.87. The van der Waals surface area contributed by atoms with Gasteiger partial charge in [0.1, 0.15) is 0 Å². The maximum Gasteiger partial charge on any atom is 0.0417 e. The molecule has 70 valence electrons. The van der Waals surface area contributed by atoms with Crippen LogP contribution in [0, 0.1) is 6.92 Å². The van der Waals surface area contributed by atoms with Gasteiger partial charge in [0.05, 0.1) is 0 Å². The van der Waals surface area contributed by atoms with Crippen molar-refractivity contribution in [2.45, 2.75) is 19.5 Å². The third-order valence-electron chi connectivity index (χ3n) is 2.50. The molecule has 1 aliphatic rings. The molecule has 0 aliphatic carbocycles. The van der Waals surface area contributed by atoms with Crippen molar-refractivity contribution in [1.29, 1.82) is 0 Å². The van der Waals surface area contributed by atoms with E-state index in [9.17, 15) is 0 Å². The van der Waals surface area contributed by atoms with Gasteiger partial charge in [-0.1, -0.05) is 6.07 Å². The lowest BCUT2D eigenvalue weighted by molar-refractivity contribution is 0.142. The zero-order chi connectivity index (χ0) is 9.26. The number of aryl methyl sites for hydroxylation is 1. The highest BCUT2D eigenvalue weighted by molar-refractivity contribution is 5.18. The Balaban J connectivity index is 1.98. The van der Waals surface area contributed by atoms with Gasteiger partial charge in [-0.3, -0.25) is 9.88 Å². The van der Waals surface area contributed by atoms with Crippen LogP contribution in [0.2, 0.25) is 0 Å². The fraction of sp³-hybridized carbons (Fsp3) is 0.500. The average Bonchev–Trinajstić information content (AvgIpc) is 2.06. The average molecular weight is 177 g/mol. The molecule has 0 bridgehead atoms. The first-order valence-electron chi connectivity index (χ1n) is 4.64. The summed E-state index contributed by atoms with van der Waals surface area (Å²) in [6.45, 7) is 5.09. The van der Waals surface area contributed by atoms with E-state index >= 15 is 0 Å². The minimum absolute atomic E-state index is 0.386. The molecule has 0 spiro atoms. The van der Waals surface area contributed by atoms with Gasteiger partial charge in [0.15, 0.2) is 0 Å². The predicted octanol–water partition coefficient (Wildman–Crippen LogP) is 0.533. The summed E-state index contributed by atoms with van der Waals surface area (Å²) in [6.07, 6.45) is 1.83. The molecule has 1 aliphatic heterocycles. The number of aromatic nitrogens is 1. The first-order valence-corrected chi connectivity index (χ1v) is 4.64. The smallest absolute Gasteiger partial charge is 0.0417 e. The van der Waals surface area contributed by atoms with Crippen LogP contribution in [0.4, 0.5) is 0 Å². The Bertz CT molecular complexity index is 292. The Morgan fingerprint density at radius 3 is 3.00 bits per heavy atom. The third-order valence-corrected chi connectivity index (χ3v) is 2.50. The number of nitrogens with zero attached hydrogens (tertiary/aromatic N) is 2. The van der Waals surface area contributed by atoms with Crippen LogP contribution >= 0.6 is 0 Å². The van der Waals surface area contributed by atoms with Crippen LogP contribution in [0.25, 0.3) is 0 Å². The largest absolute Gasteiger partial charge is 0.325 e. The molecule has 3 heteroatoms. The van der Waals surface area contributed by atoms with Crippen molar-refractivity contribution >= 4 is 0 Å². The molecule has 0 unspecified atom stereocenters. The van der Waals surface area contributed by atoms with Crippen LogP contribution in [0.3, 0.4) is 0 Å². The SMILES string of the molecule is Cc1ncccc1CN1CC(N)C1. The molecule has 2 heterocycles. The van der Waals surface area contributed by atoms with Crippen LogP contribution in [-0.2, 0) is 6.54 Å². The second-order valence-electron chi connectivity index (χ2n) is 3.70. The summed E-state index contributed by atoms with van der Waals surface area (Å²) >= 11 is 0. The molecule has 1 fully saturated rings. The topological polar surface area (TPSA) is 42.2 Å². The van der Waals surface area contributed by atoms with Crippen molar-refractivity contribution in [3.63, 3.8) is 0 Å². The summed E-state index contributed by atoms with van der Waals surface area (Å²) in [5, 5.41) is 0. The quantitative estimate of drug-likeness (QED) is 0.716. The van der Waals surface area contributed by atoms with E-state index in [-0.39, 0.29) is 0 Å². The van der Waals surface area contributed by atoms with E-state index in [1.165, 1.54) is 5.56 Å². The van der Waals surface area contributed by atoms with Gasteiger partial charge in [0, 0.05) is 37.6 Å². The van der Waals surface area contributed by atoms with E-state index in [2.05, 4.69) is 22.9 Å². The van der Waals surface area contributed by atoms with Gasteiger partial charge in [-0.2, -0.15) is 0 Å². The minimum Gasteiger partial charge on any atom is -0.325 e. The molecule has 13 heavy (non-hydrogen) atoms. The number of pyridine rings is 1. The van der Waals surface area contributed by atoms with Gasteiger partial charge in [0.2, 0.25) is 0 Å². The lowest BCUT2D eigenvalue weighted by atomic mass is 10.1. The van der Waals surface area contributed by atoms with Crippen molar-refractivity contribution in [1.82, 2.24) is 9.88 Å². The number of rotatable bonds is 2. The molecule has 1 aromatic heterocycles. The minimum atomic E-state index is 0.386. The number of nitrogens with two attached hydrogens (primary N) is 1. The molecule has 0 saturated carbocycles. The monoisotopic (exact) mass is 177 g/mol. The van der Waals surface area contributed by atoms with Crippen LogP contribution in [0.5, 0.6) is 0 Å². The standard InChI is InChI=1S/C10H15N3/c1-8-9(3-2-4-12-8)5-13-6-10(11)7-13/h2-4,10H,5-7,11H2,1H3. The van der Waals surface area contributed by atoms with E-state index in [0.717, 1.165) is 25.3 Å². The number of hydrogen-bond acceptors (Lipinski definition) is 3. The van der Waals surface area contributed by atoms with Crippen molar-refractivity contribution < 1.29 is 0 Å². The lowest BCUT2D eigenvalue weighted by Crippen LogP contribution is -2.54. The highest BCUT2D eigenvalue weighted by Crippen LogP contribution is 2.13. The van der Waals surface area contributed by atoms with E-state index in [1.807, 2.05) is 12.3 Å². The zero-order valence-corrected chi connectivity index (χ0v) is 7.90. The second-order valence-corrected chi connectivity index (χ2v) is 3.70. The summed E-state index contributed by atoms with van der Waals surface area (Å²) in [4.78, 5) is 6.59. The Kier molecular flexibility index (Phi) is 2.29. The Labute approximate surface area is 78.6 Å². The van der Waals surface area contributed by atoms with E-state index < -0.39 is 0 Å². The Hall–Kier alpha value is -0.930. The molecule has 2 N–H and O–H groups in total. The molecule has 0 radical (unpaired) electrons. The first-order chi connectivity index (χ1) is 6.25. The Morgan fingerprint density at radius 1 is 1.62 bits per heavy atom. The molecular formula is C10H15N3. The molecular weight excluding hydrogens is 162 g/mol. The van der Waals surface area contributed by atoms with Crippen LogP contribution in [-0.4, -0.2) is 29.0 Å². The Morgan fingerprint density at radius 2 is 2.38 bits per heavy atom. The van der Waals surface area contributed by atoms with Crippen molar-refractivity contribution in [3.05, 3.63) is 29.6 Å². The molecule has 3 nitrogen and oxygen atoms in total. The maximum atomic E-state index is 5.70. The van der Waals surface area contributed by atoms with Gasteiger partial charge in [-0.05, 0) is 18.6 Å². The first kappa shape index (κ1) is 8.66. The normalized spacial score (nSPS) is 18.6. The highest BCUT2D eigenvalue weighted by atomic mass is 15.2. The predicted molar refractivity (Wildman–Crippen MR) is 52.2 cm³/mol. The number of likely N-dealkylation sites (tertiary alicyclic amines) is 1. The fourth-order valence-corrected chi connectivity index (χ4v) is 1.66. The van der Waals surface area contributed by atoms with Gasteiger partial charge in [0.25, 0.3) is 0 Å². The molecule has 2 rings (SSSR count). The van der Waals surface area contributed by atoms with Crippen LogP contribution < -0.4 is 5.73 Å². The second kappa shape index (κ2) is 3.44. The summed E-state index contributed by atoms with van der Waals surface area (Å²) in [6, 6.07) is 4.51. The van der Waals surface area contributed by atoms with Crippen LogP contribution in [0.15, 0.2) is 18.3 Å². The van der Waals surface area contributed by atoms with E-state index in [0.29, 0.717) is 6.04 Å². The van der Waals surface area contributed by atoms with E-state index in [1.54, 1.807) is 0 Å². The van der Waals surface area contributed by atoms with Gasteiger partial charge in [-0.15, -0.1) is 0 Å². The number of hydrogen-bond donors (Lipinski definition) is 1. The van der Waals surface area contributed by atoms with Crippen LogP contribution in [0.1, 0.15) is 11.3 Å². The summed E-state index contributed by atoms with van der Waals surface area (Å²) in [5.74, 6) is 0. The van der Waals surface area contributed by atoms with Gasteiger partial charge < -0.3 is 5.73 Å². The highest BCUT2D eigenvalue weighted by Gasteiger charge is 2.22. The van der Waals surface area contributed by atoms with Gasteiger partial charge >= 0.3 is 0 Å². The van der Waals surface area contributed by atoms with Crippen molar-refractivity contribution in [3.8, 4) is 0 Å². The van der Waals surface area contributed by atoms with E-state index in [4.69, 9.17) is 5.73 Å². The maximum absolute atomic E-state index is 5.70. The summed E-state index contributed by atoms with van der Waals surface area (Å²) < 4.78 is 0. The summed E-state index contributed by atoms with van der Waals surface area (Å²) in [7, 11) is 0. The summed E-state index contributed by atoms with van der Waals surface area (Å²) in [5.41, 5.74) is 8.15. The lowest BCUT2D eigenvalue weighted by Gasteiger charge is -2.36. The molecule has 1 aromatic rings. The van der Waals surface area contributed by atoms with Crippen molar-refractivity contribution in [2.75, 3.05) is 13.1 Å². The van der Waals surface area contributed by atoms with Gasteiger partial charge in [-0.25, -0.2) is 0 Å². The fourth-order valence-electron chi connectivity index (χ4n) is 1.66. The zero-order valence-electron chi connectivity index (χ0n) is 7.90. The molecule has 1 saturated heterocycles. The molecule has 0 aromatic carbocycles. The van der Waals surface area contributed by atoms with Crippen molar-refractivity contribution in [2.24, 2.45) is 5.73 Å². The molecule has 0 amide bonds.